The van der Waals surface area contributed by atoms with E-state index in [1.165, 1.54) is 31.0 Å². The van der Waals surface area contributed by atoms with Gasteiger partial charge >= 0.3 is 0 Å². The third kappa shape index (κ3) is 4.01. The first-order chi connectivity index (χ1) is 16.1. The number of anilines is 1. The highest BCUT2D eigenvalue weighted by atomic mass is 32.2. The van der Waals surface area contributed by atoms with Crippen molar-refractivity contribution in [2.45, 2.75) is 49.0 Å². The number of hydrogen-bond donors (Lipinski definition) is 2. The lowest BCUT2D eigenvalue weighted by molar-refractivity contribution is -0.124. The number of benzene rings is 1. The first kappa shape index (κ1) is 20.7. The number of carbonyl (C=O) groups is 2. The average Bonchev–Trinajstić information content (AvgIpc) is 3.27. The normalized spacial score (nSPS) is 27.6. The van der Waals surface area contributed by atoms with Crippen LogP contribution in [-0.4, -0.2) is 37.7 Å². The number of carbonyl (C=O) groups excluding carboxylic acids is 2. The minimum absolute atomic E-state index is 0.0137. The largest absolute Gasteiger partial charge is 0.350 e. The molecule has 3 aromatic rings. The van der Waals surface area contributed by atoms with E-state index in [-0.39, 0.29) is 17.4 Å². The number of rotatable bonds is 6. The van der Waals surface area contributed by atoms with E-state index in [1.807, 2.05) is 18.2 Å². The quantitative estimate of drug-likeness (QED) is 0.538. The molecule has 0 radical (unpaired) electrons. The summed E-state index contributed by atoms with van der Waals surface area (Å²) in [5.74, 6) is 3.08. The Morgan fingerprint density at radius 2 is 1.73 bits per heavy atom. The SMILES string of the molecule is O=C(CSc1ccccc1C(=O)Nc1ccnc2ccnn12)NC12CC3CC(CC(C3)C1)C2. The Hall–Kier alpha value is -2.87. The van der Waals surface area contributed by atoms with Gasteiger partial charge < -0.3 is 10.6 Å². The molecule has 8 heteroatoms. The van der Waals surface area contributed by atoms with Crippen LogP contribution in [0.4, 0.5) is 5.82 Å². The molecule has 2 N–H and O–H groups in total. The van der Waals surface area contributed by atoms with Gasteiger partial charge in [0, 0.05) is 22.7 Å². The predicted octanol–water partition coefficient (Wildman–Crippen LogP) is 4.16. The lowest BCUT2D eigenvalue weighted by atomic mass is 9.53. The Balaban J connectivity index is 1.12. The van der Waals surface area contributed by atoms with Crippen molar-refractivity contribution >= 4 is 35.0 Å². The summed E-state index contributed by atoms with van der Waals surface area (Å²) in [4.78, 5) is 31.0. The van der Waals surface area contributed by atoms with Crippen molar-refractivity contribution in [1.29, 1.82) is 0 Å². The second-order valence-corrected chi connectivity index (χ2v) is 10.9. The Bertz CT molecular complexity index is 1190. The number of thioether (sulfide) groups is 1. The fourth-order valence-electron chi connectivity index (χ4n) is 6.63. The summed E-state index contributed by atoms with van der Waals surface area (Å²) in [5, 5.41) is 10.6. The molecule has 4 saturated carbocycles. The van der Waals surface area contributed by atoms with E-state index >= 15 is 0 Å². The summed E-state index contributed by atoms with van der Waals surface area (Å²) in [6, 6.07) is 10.9. The van der Waals surface area contributed by atoms with Gasteiger partial charge in [-0.25, -0.2) is 4.98 Å². The van der Waals surface area contributed by atoms with E-state index in [0.717, 1.165) is 41.9 Å². The predicted molar refractivity (Wildman–Crippen MR) is 127 cm³/mol. The topological polar surface area (TPSA) is 88.4 Å². The molecule has 2 aromatic heterocycles. The monoisotopic (exact) mass is 461 g/mol. The van der Waals surface area contributed by atoms with Crippen molar-refractivity contribution in [2.24, 2.45) is 17.8 Å². The number of amides is 2. The lowest BCUT2D eigenvalue weighted by Crippen LogP contribution is -2.60. The third-order valence-corrected chi connectivity index (χ3v) is 8.54. The van der Waals surface area contributed by atoms with Gasteiger partial charge in [-0.15, -0.1) is 11.8 Å². The maximum atomic E-state index is 13.1. The molecule has 1 aromatic carbocycles. The van der Waals surface area contributed by atoms with Crippen molar-refractivity contribution in [3.8, 4) is 0 Å². The molecule has 0 aliphatic heterocycles. The summed E-state index contributed by atoms with van der Waals surface area (Å²) in [5.41, 5.74) is 1.22. The number of aromatic nitrogens is 3. The van der Waals surface area contributed by atoms with Gasteiger partial charge in [0.05, 0.1) is 17.5 Å². The number of hydrogen-bond acceptors (Lipinski definition) is 5. The number of nitrogens with one attached hydrogen (secondary N) is 2. The molecule has 2 amide bonds. The van der Waals surface area contributed by atoms with Crippen LogP contribution in [0.1, 0.15) is 48.9 Å². The Morgan fingerprint density at radius 1 is 1.00 bits per heavy atom. The molecular weight excluding hydrogens is 434 g/mol. The van der Waals surface area contributed by atoms with Gasteiger partial charge in [0.2, 0.25) is 5.91 Å². The molecule has 4 bridgehead atoms. The fraction of sp³-hybridized carbons (Fsp3) is 0.440. The van der Waals surface area contributed by atoms with Crippen LogP contribution in [0.15, 0.2) is 53.7 Å². The molecule has 4 aliphatic carbocycles. The Kier molecular flexibility index (Phi) is 5.13. The molecule has 0 spiro atoms. The lowest BCUT2D eigenvalue weighted by Gasteiger charge is -2.56. The van der Waals surface area contributed by atoms with Crippen LogP contribution in [0.3, 0.4) is 0 Å². The van der Waals surface area contributed by atoms with Crippen LogP contribution in [0.5, 0.6) is 0 Å². The molecule has 7 nitrogen and oxygen atoms in total. The standard InChI is InChI=1S/C25H27N5O2S/c31-23(29-25-12-16-9-17(13-25)11-18(10-16)14-25)15-33-20-4-2-1-3-19(20)24(32)28-22-5-7-26-21-6-8-27-30(21)22/h1-8,16-18H,9-15H2,(H,28,32)(H,29,31). The number of fused-ring (bicyclic) bond motifs is 1. The molecule has 2 heterocycles. The van der Waals surface area contributed by atoms with Crippen molar-refractivity contribution < 1.29 is 9.59 Å². The first-order valence-corrected chi connectivity index (χ1v) is 12.7. The van der Waals surface area contributed by atoms with Crippen LogP contribution < -0.4 is 10.6 Å². The molecule has 0 unspecified atom stereocenters. The van der Waals surface area contributed by atoms with Crippen LogP contribution in [0.25, 0.3) is 5.65 Å². The third-order valence-electron chi connectivity index (χ3n) is 7.47. The molecule has 0 atom stereocenters. The summed E-state index contributed by atoms with van der Waals surface area (Å²) in [6.07, 6.45) is 10.8. The summed E-state index contributed by atoms with van der Waals surface area (Å²) in [7, 11) is 0. The second kappa shape index (κ2) is 8.17. The van der Waals surface area contributed by atoms with E-state index in [2.05, 4.69) is 20.7 Å². The Labute approximate surface area is 196 Å². The maximum Gasteiger partial charge on any atom is 0.257 e. The first-order valence-electron chi connectivity index (χ1n) is 11.7. The highest BCUT2D eigenvalue weighted by molar-refractivity contribution is 8.00. The van der Waals surface area contributed by atoms with Crippen molar-refractivity contribution in [3.05, 3.63) is 54.4 Å². The van der Waals surface area contributed by atoms with Crippen molar-refractivity contribution in [1.82, 2.24) is 19.9 Å². The van der Waals surface area contributed by atoms with Gasteiger partial charge in [-0.05, 0) is 74.5 Å². The molecule has 0 saturated heterocycles. The second-order valence-electron chi connectivity index (χ2n) is 9.92. The molecular formula is C25H27N5O2S. The van der Waals surface area contributed by atoms with E-state index in [1.54, 1.807) is 35.1 Å². The van der Waals surface area contributed by atoms with Gasteiger partial charge in [0.25, 0.3) is 5.91 Å². The number of nitrogens with zero attached hydrogens (tertiary/aromatic N) is 3. The summed E-state index contributed by atoms with van der Waals surface area (Å²) < 4.78 is 1.59. The fourth-order valence-corrected chi connectivity index (χ4v) is 7.48. The minimum Gasteiger partial charge on any atom is -0.350 e. The van der Waals surface area contributed by atoms with E-state index in [9.17, 15) is 9.59 Å². The van der Waals surface area contributed by atoms with Crippen LogP contribution in [-0.2, 0) is 4.79 Å². The van der Waals surface area contributed by atoms with Gasteiger partial charge in [0.15, 0.2) is 5.65 Å². The highest BCUT2D eigenvalue weighted by Crippen LogP contribution is 2.55. The molecule has 7 rings (SSSR count). The molecule has 33 heavy (non-hydrogen) atoms. The zero-order chi connectivity index (χ0) is 22.4. The molecule has 4 aliphatic rings. The Morgan fingerprint density at radius 3 is 2.48 bits per heavy atom. The zero-order valence-electron chi connectivity index (χ0n) is 18.4. The van der Waals surface area contributed by atoms with Gasteiger partial charge in [0.1, 0.15) is 5.82 Å². The summed E-state index contributed by atoms with van der Waals surface area (Å²) >= 11 is 1.42. The molecule has 170 valence electrons. The van der Waals surface area contributed by atoms with Gasteiger partial charge in [-0.2, -0.15) is 9.61 Å². The van der Waals surface area contributed by atoms with E-state index in [0.29, 0.717) is 22.8 Å². The van der Waals surface area contributed by atoms with E-state index in [4.69, 9.17) is 0 Å². The maximum absolute atomic E-state index is 13.1. The van der Waals surface area contributed by atoms with Crippen LogP contribution in [0, 0.1) is 17.8 Å². The van der Waals surface area contributed by atoms with E-state index < -0.39 is 0 Å². The molecule has 4 fully saturated rings. The minimum atomic E-state index is -0.234. The smallest absolute Gasteiger partial charge is 0.257 e. The van der Waals surface area contributed by atoms with Gasteiger partial charge in [-0.1, -0.05) is 12.1 Å². The summed E-state index contributed by atoms with van der Waals surface area (Å²) in [6.45, 7) is 0. The van der Waals surface area contributed by atoms with Crippen LogP contribution >= 0.6 is 11.8 Å². The van der Waals surface area contributed by atoms with Crippen LogP contribution in [0.2, 0.25) is 0 Å². The highest BCUT2D eigenvalue weighted by Gasteiger charge is 2.51. The van der Waals surface area contributed by atoms with Crippen molar-refractivity contribution in [2.75, 3.05) is 11.1 Å². The van der Waals surface area contributed by atoms with Gasteiger partial charge in [-0.3, -0.25) is 9.59 Å². The van der Waals surface area contributed by atoms with Crippen molar-refractivity contribution in [3.63, 3.8) is 0 Å². The zero-order valence-corrected chi connectivity index (χ0v) is 19.2. The average molecular weight is 462 g/mol.